The Hall–Kier alpha value is -1.91. The molecule has 1 atom stereocenters. The van der Waals surface area contributed by atoms with E-state index in [9.17, 15) is 4.79 Å². The molecular weight excluding hydrogens is 300 g/mol. The van der Waals surface area contributed by atoms with Crippen LogP contribution >= 0.6 is 0 Å². The minimum Gasteiger partial charge on any atom is -0.397 e. The summed E-state index contributed by atoms with van der Waals surface area (Å²) < 4.78 is 1.94. The number of anilines is 1. The summed E-state index contributed by atoms with van der Waals surface area (Å²) in [6, 6.07) is 0. The van der Waals surface area contributed by atoms with Gasteiger partial charge in [0.15, 0.2) is 11.4 Å². The molecule has 130 valence electrons. The van der Waals surface area contributed by atoms with Crippen molar-refractivity contribution in [1.82, 2.24) is 14.8 Å². The van der Waals surface area contributed by atoms with E-state index in [2.05, 4.69) is 25.9 Å². The SMILES string of the molecule is CCCCCn1ncc2c(N)c3c(nc21)CCC(CC(C)C)C3=O. The van der Waals surface area contributed by atoms with Crippen LogP contribution in [0.15, 0.2) is 6.20 Å². The molecule has 2 heterocycles. The maximum absolute atomic E-state index is 12.9. The average molecular weight is 328 g/mol. The Bertz CT molecular complexity index is 747. The molecular formula is C19H28N4O. The van der Waals surface area contributed by atoms with E-state index in [1.54, 1.807) is 6.20 Å². The molecule has 0 spiro atoms. The molecule has 0 amide bonds. The van der Waals surface area contributed by atoms with E-state index in [0.717, 1.165) is 49.0 Å². The predicted molar refractivity (Wildman–Crippen MR) is 97.1 cm³/mol. The van der Waals surface area contributed by atoms with Gasteiger partial charge in [-0.25, -0.2) is 9.67 Å². The fourth-order valence-corrected chi connectivity index (χ4v) is 3.73. The molecule has 1 unspecified atom stereocenters. The van der Waals surface area contributed by atoms with Crippen LogP contribution in [0.4, 0.5) is 5.69 Å². The minimum absolute atomic E-state index is 0.0821. The standard InChI is InChI=1S/C19H28N4O/c1-4-5-6-9-23-19-14(11-21-23)17(20)16-15(22-19)8-7-13(18(16)24)10-12(2)3/h11-13H,4-10H2,1-3H3,(H2,20,22). The molecule has 0 saturated carbocycles. The van der Waals surface area contributed by atoms with Crippen LogP contribution in [0.3, 0.4) is 0 Å². The second-order valence-electron chi connectivity index (χ2n) is 7.39. The van der Waals surface area contributed by atoms with Gasteiger partial charge >= 0.3 is 0 Å². The van der Waals surface area contributed by atoms with Gasteiger partial charge in [-0.3, -0.25) is 4.79 Å². The highest BCUT2D eigenvalue weighted by molar-refractivity contribution is 6.09. The summed E-state index contributed by atoms with van der Waals surface area (Å²) in [5.41, 5.74) is 9.31. The fraction of sp³-hybridized carbons (Fsp3) is 0.632. The fourth-order valence-electron chi connectivity index (χ4n) is 3.73. The lowest BCUT2D eigenvalue weighted by Crippen LogP contribution is -2.26. The average Bonchev–Trinajstić information content (AvgIpc) is 2.93. The zero-order chi connectivity index (χ0) is 17.3. The molecule has 2 N–H and O–H groups in total. The molecule has 0 bridgehead atoms. The number of aromatic nitrogens is 3. The van der Waals surface area contributed by atoms with E-state index in [-0.39, 0.29) is 11.7 Å². The number of hydrogen-bond acceptors (Lipinski definition) is 4. The molecule has 5 nitrogen and oxygen atoms in total. The molecule has 0 fully saturated rings. The maximum atomic E-state index is 12.9. The van der Waals surface area contributed by atoms with E-state index in [0.29, 0.717) is 17.2 Å². The first-order valence-corrected chi connectivity index (χ1v) is 9.21. The number of carbonyl (C=O) groups is 1. The van der Waals surface area contributed by atoms with Gasteiger partial charge in [-0.1, -0.05) is 33.6 Å². The third-order valence-electron chi connectivity index (χ3n) is 4.98. The molecule has 5 heteroatoms. The van der Waals surface area contributed by atoms with Crippen molar-refractivity contribution in [3.63, 3.8) is 0 Å². The molecule has 24 heavy (non-hydrogen) atoms. The molecule has 0 saturated heterocycles. The topological polar surface area (TPSA) is 73.8 Å². The summed E-state index contributed by atoms with van der Waals surface area (Å²) >= 11 is 0. The van der Waals surface area contributed by atoms with Gasteiger partial charge in [-0.2, -0.15) is 5.10 Å². The van der Waals surface area contributed by atoms with Crippen molar-refractivity contribution in [2.45, 2.75) is 65.8 Å². The van der Waals surface area contributed by atoms with Crippen LogP contribution in [0.25, 0.3) is 11.0 Å². The van der Waals surface area contributed by atoms with Crippen molar-refractivity contribution in [2.75, 3.05) is 5.73 Å². The smallest absolute Gasteiger partial charge is 0.169 e. The Balaban J connectivity index is 1.97. The highest BCUT2D eigenvalue weighted by Gasteiger charge is 2.32. The van der Waals surface area contributed by atoms with Crippen molar-refractivity contribution in [3.05, 3.63) is 17.5 Å². The number of unbranched alkanes of at least 4 members (excludes halogenated alkanes) is 2. The summed E-state index contributed by atoms with van der Waals surface area (Å²) in [7, 11) is 0. The lowest BCUT2D eigenvalue weighted by molar-refractivity contribution is 0.0884. The molecule has 0 radical (unpaired) electrons. The maximum Gasteiger partial charge on any atom is 0.169 e. The summed E-state index contributed by atoms with van der Waals surface area (Å²) in [6.07, 6.45) is 7.84. The van der Waals surface area contributed by atoms with Crippen LogP contribution in [0.5, 0.6) is 0 Å². The van der Waals surface area contributed by atoms with Crippen molar-refractivity contribution in [3.8, 4) is 0 Å². The van der Waals surface area contributed by atoms with Gasteiger partial charge in [0.25, 0.3) is 0 Å². The van der Waals surface area contributed by atoms with E-state index in [1.165, 1.54) is 12.8 Å². The number of nitrogen functional groups attached to an aromatic ring is 1. The molecule has 3 rings (SSSR count). The summed E-state index contributed by atoms with van der Waals surface area (Å²) in [4.78, 5) is 17.7. The molecule has 2 aromatic rings. The summed E-state index contributed by atoms with van der Waals surface area (Å²) in [6.45, 7) is 7.36. The van der Waals surface area contributed by atoms with Gasteiger partial charge in [-0.15, -0.1) is 0 Å². The Morgan fingerprint density at radius 1 is 1.38 bits per heavy atom. The molecule has 2 aromatic heterocycles. The molecule has 1 aliphatic rings. The molecule has 0 aromatic carbocycles. The largest absolute Gasteiger partial charge is 0.397 e. The van der Waals surface area contributed by atoms with Gasteiger partial charge in [0.05, 0.1) is 28.5 Å². The van der Waals surface area contributed by atoms with Crippen molar-refractivity contribution >= 4 is 22.5 Å². The number of carbonyl (C=O) groups excluding carboxylic acids is 1. The van der Waals surface area contributed by atoms with Gasteiger partial charge in [0.2, 0.25) is 0 Å². The number of nitrogens with two attached hydrogens (primary N) is 1. The number of nitrogens with zero attached hydrogens (tertiary/aromatic N) is 3. The number of aryl methyl sites for hydroxylation is 2. The number of Topliss-reactive ketones (excluding diaryl/α,β-unsaturated/α-hetero) is 1. The highest BCUT2D eigenvalue weighted by atomic mass is 16.1. The van der Waals surface area contributed by atoms with E-state index >= 15 is 0 Å². The monoisotopic (exact) mass is 328 g/mol. The molecule has 0 aliphatic heterocycles. The summed E-state index contributed by atoms with van der Waals surface area (Å²) in [5, 5.41) is 5.28. The zero-order valence-electron chi connectivity index (χ0n) is 15.0. The van der Waals surface area contributed by atoms with Crippen molar-refractivity contribution in [1.29, 1.82) is 0 Å². The van der Waals surface area contributed by atoms with E-state index in [4.69, 9.17) is 10.7 Å². The Labute approximate surface area is 143 Å². The van der Waals surface area contributed by atoms with Crippen molar-refractivity contribution < 1.29 is 4.79 Å². The van der Waals surface area contributed by atoms with Crippen LogP contribution in [0.1, 0.15) is 68.9 Å². The number of ketones is 1. The van der Waals surface area contributed by atoms with Crippen LogP contribution in [-0.4, -0.2) is 20.5 Å². The molecule has 1 aliphatic carbocycles. The lowest BCUT2D eigenvalue weighted by atomic mass is 9.80. The van der Waals surface area contributed by atoms with E-state index in [1.807, 2.05) is 4.68 Å². The quantitative estimate of drug-likeness (QED) is 0.814. The Morgan fingerprint density at radius 3 is 2.88 bits per heavy atom. The second-order valence-corrected chi connectivity index (χ2v) is 7.39. The predicted octanol–water partition coefficient (Wildman–Crippen LogP) is 3.99. The first-order chi connectivity index (χ1) is 11.5. The zero-order valence-corrected chi connectivity index (χ0v) is 15.0. The first-order valence-electron chi connectivity index (χ1n) is 9.21. The van der Waals surface area contributed by atoms with Gasteiger partial charge in [0.1, 0.15) is 0 Å². The number of hydrogen-bond donors (Lipinski definition) is 1. The lowest BCUT2D eigenvalue weighted by Gasteiger charge is -2.25. The first kappa shape index (κ1) is 16.9. The number of rotatable bonds is 6. The number of fused-ring (bicyclic) bond motifs is 2. The number of pyridine rings is 1. The van der Waals surface area contributed by atoms with Gasteiger partial charge in [0, 0.05) is 12.5 Å². The normalized spacial score (nSPS) is 17.7. The van der Waals surface area contributed by atoms with Crippen molar-refractivity contribution in [2.24, 2.45) is 11.8 Å². The van der Waals surface area contributed by atoms with Crippen LogP contribution in [-0.2, 0) is 13.0 Å². The Morgan fingerprint density at radius 2 is 2.17 bits per heavy atom. The van der Waals surface area contributed by atoms with E-state index < -0.39 is 0 Å². The third-order valence-corrected chi connectivity index (χ3v) is 4.98. The third kappa shape index (κ3) is 3.04. The Kier molecular flexibility index (Phi) is 4.88. The van der Waals surface area contributed by atoms with Crippen LogP contribution < -0.4 is 5.73 Å². The van der Waals surface area contributed by atoms with Gasteiger partial charge < -0.3 is 5.73 Å². The van der Waals surface area contributed by atoms with Crippen LogP contribution in [0, 0.1) is 11.8 Å². The minimum atomic E-state index is 0.0821. The van der Waals surface area contributed by atoms with Gasteiger partial charge in [-0.05, 0) is 31.6 Å². The summed E-state index contributed by atoms with van der Waals surface area (Å²) in [5.74, 6) is 0.772. The second kappa shape index (κ2) is 6.91. The highest BCUT2D eigenvalue weighted by Crippen LogP contribution is 2.35. The van der Waals surface area contributed by atoms with Crippen LogP contribution in [0.2, 0.25) is 0 Å².